The fraction of sp³-hybridized carbons (Fsp3) is 0.250. The van der Waals surface area contributed by atoms with Crippen LogP contribution >= 0.6 is 0 Å². The van der Waals surface area contributed by atoms with E-state index in [0.717, 1.165) is 12.1 Å². The highest BCUT2D eigenvalue weighted by atomic mass is 32.2. The molecule has 2 aromatic carbocycles. The van der Waals surface area contributed by atoms with Crippen molar-refractivity contribution in [2.45, 2.75) is 17.2 Å². The zero-order valence-corrected chi connectivity index (χ0v) is 13.0. The molecule has 1 aliphatic rings. The first-order valence-electron chi connectivity index (χ1n) is 7.15. The minimum atomic E-state index is -3.72. The molecule has 7 heteroatoms. The molecular weight excluding hydrogens is 321 g/mol. The summed E-state index contributed by atoms with van der Waals surface area (Å²) in [7, 11) is -3.72. The van der Waals surface area contributed by atoms with Crippen LogP contribution in [0.4, 0.5) is 4.39 Å². The number of nitrogens with one attached hydrogen (secondary N) is 1. The average Bonchev–Trinajstić information content (AvgIpc) is 2.54. The van der Waals surface area contributed by atoms with Gasteiger partial charge in [0.15, 0.2) is 5.75 Å². The molecule has 2 aromatic rings. The largest absolute Gasteiger partial charge is 0.489 e. The van der Waals surface area contributed by atoms with Crippen molar-refractivity contribution in [2.24, 2.45) is 0 Å². The third-order valence-electron chi connectivity index (χ3n) is 3.81. The summed E-state index contributed by atoms with van der Waals surface area (Å²) in [5, 5.41) is 11.8. The summed E-state index contributed by atoms with van der Waals surface area (Å²) in [6.07, 6.45) is 0.613. The van der Waals surface area contributed by atoms with Crippen LogP contribution in [0, 0.1) is 5.82 Å². The van der Waals surface area contributed by atoms with E-state index in [-0.39, 0.29) is 23.1 Å². The Hall–Kier alpha value is -2.12. The number of para-hydroxylation sites is 1. The van der Waals surface area contributed by atoms with E-state index in [0.29, 0.717) is 24.3 Å². The summed E-state index contributed by atoms with van der Waals surface area (Å²) in [6.45, 7) is 0.523. The van der Waals surface area contributed by atoms with Crippen LogP contribution in [0.5, 0.6) is 11.5 Å². The van der Waals surface area contributed by atoms with Gasteiger partial charge in [-0.25, -0.2) is 17.5 Å². The third kappa shape index (κ3) is 3.30. The molecule has 0 saturated heterocycles. The number of ether oxygens (including phenoxy) is 1. The summed E-state index contributed by atoms with van der Waals surface area (Å²) in [6, 6.07) is 9.45. The van der Waals surface area contributed by atoms with Crippen LogP contribution in [0.1, 0.15) is 17.9 Å². The molecule has 1 N–H and O–H groups in total. The maximum atomic E-state index is 12.9. The lowest BCUT2D eigenvalue weighted by Gasteiger charge is -2.26. The van der Waals surface area contributed by atoms with Crippen LogP contribution in [0.3, 0.4) is 0 Å². The zero-order valence-electron chi connectivity index (χ0n) is 12.2. The second-order valence-electron chi connectivity index (χ2n) is 5.31. The predicted molar refractivity (Wildman–Crippen MR) is 81.0 cm³/mol. The Kier molecular flexibility index (Phi) is 4.23. The van der Waals surface area contributed by atoms with Crippen molar-refractivity contribution < 1.29 is 22.7 Å². The minimum Gasteiger partial charge on any atom is -0.489 e. The van der Waals surface area contributed by atoms with Crippen LogP contribution in [-0.4, -0.2) is 21.6 Å². The summed E-state index contributed by atoms with van der Waals surface area (Å²) < 4.78 is 45.3. The monoisotopic (exact) mass is 336 g/mol. The topological polar surface area (TPSA) is 75.3 Å². The van der Waals surface area contributed by atoms with Crippen molar-refractivity contribution in [1.82, 2.24) is 4.72 Å². The number of fused-ring (bicyclic) bond motifs is 1. The van der Waals surface area contributed by atoms with E-state index < -0.39 is 15.8 Å². The fourth-order valence-electron chi connectivity index (χ4n) is 2.59. The van der Waals surface area contributed by atoms with Gasteiger partial charge in [0.2, 0.25) is 15.8 Å². The Morgan fingerprint density at radius 2 is 1.91 bits per heavy atom. The van der Waals surface area contributed by atoms with Crippen LogP contribution in [0.25, 0.3) is 0 Å². The SMILES string of the molecule is [O]c1cccc2c1OCCC2CNS(=O)(=O)c1ccc(F)cc1. The Labute approximate surface area is 133 Å². The van der Waals surface area contributed by atoms with E-state index >= 15 is 0 Å². The Bertz CT molecular complexity index is 805. The molecule has 0 spiro atoms. The standard InChI is InChI=1S/C16H15FNO4S/c17-12-4-6-13(7-5-12)23(20,21)18-10-11-8-9-22-16-14(11)2-1-3-15(16)19/h1-7,11,18H,8-10H2. The van der Waals surface area contributed by atoms with Gasteiger partial charge in [0.25, 0.3) is 0 Å². The highest BCUT2D eigenvalue weighted by Crippen LogP contribution is 2.39. The van der Waals surface area contributed by atoms with E-state index in [1.807, 2.05) is 0 Å². The number of halogens is 1. The van der Waals surface area contributed by atoms with Crippen molar-refractivity contribution in [1.29, 1.82) is 0 Å². The molecule has 0 bridgehead atoms. The molecule has 0 saturated carbocycles. The van der Waals surface area contributed by atoms with E-state index in [2.05, 4.69) is 4.72 Å². The van der Waals surface area contributed by atoms with Gasteiger partial charge in [0.1, 0.15) is 5.82 Å². The van der Waals surface area contributed by atoms with Gasteiger partial charge in [-0.3, -0.25) is 5.11 Å². The molecule has 1 aliphatic heterocycles. The quantitative estimate of drug-likeness (QED) is 0.933. The summed E-state index contributed by atoms with van der Waals surface area (Å²) in [5.41, 5.74) is 0.713. The summed E-state index contributed by atoms with van der Waals surface area (Å²) >= 11 is 0. The molecule has 1 heterocycles. The second kappa shape index (κ2) is 6.17. The Balaban J connectivity index is 1.77. The second-order valence-corrected chi connectivity index (χ2v) is 7.08. The van der Waals surface area contributed by atoms with Crippen molar-refractivity contribution in [3.8, 4) is 11.5 Å². The van der Waals surface area contributed by atoms with Gasteiger partial charge in [0.05, 0.1) is 11.5 Å². The number of hydrogen-bond donors (Lipinski definition) is 1. The zero-order chi connectivity index (χ0) is 16.4. The van der Waals surface area contributed by atoms with Gasteiger partial charge >= 0.3 is 0 Å². The van der Waals surface area contributed by atoms with Crippen LogP contribution < -0.4 is 9.46 Å². The van der Waals surface area contributed by atoms with Gasteiger partial charge in [0, 0.05) is 18.0 Å². The highest BCUT2D eigenvalue weighted by Gasteiger charge is 2.26. The van der Waals surface area contributed by atoms with Gasteiger partial charge in [-0.1, -0.05) is 12.1 Å². The maximum absolute atomic E-state index is 12.9. The molecule has 23 heavy (non-hydrogen) atoms. The lowest BCUT2D eigenvalue weighted by atomic mass is 9.93. The lowest BCUT2D eigenvalue weighted by molar-refractivity contribution is 0.240. The van der Waals surface area contributed by atoms with Crippen molar-refractivity contribution in [3.63, 3.8) is 0 Å². The molecule has 0 fully saturated rings. The normalized spacial score (nSPS) is 17.3. The van der Waals surface area contributed by atoms with Gasteiger partial charge in [-0.15, -0.1) is 0 Å². The van der Waals surface area contributed by atoms with E-state index in [1.165, 1.54) is 18.2 Å². The first-order valence-corrected chi connectivity index (χ1v) is 8.63. The molecule has 1 unspecified atom stereocenters. The van der Waals surface area contributed by atoms with E-state index in [4.69, 9.17) is 4.74 Å². The number of rotatable bonds is 4. The van der Waals surface area contributed by atoms with Crippen molar-refractivity contribution in [3.05, 3.63) is 53.8 Å². The number of hydrogen-bond acceptors (Lipinski definition) is 3. The lowest BCUT2D eigenvalue weighted by Crippen LogP contribution is -2.30. The van der Waals surface area contributed by atoms with Gasteiger partial charge < -0.3 is 4.74 Å². The Morgan fingerprint density at radius 1 is 1.17 bits per heavy atom. The average molecular weight is 336 g/mol. The first-order chi connectivity index (χ1) is 11.0. The molecule has 5 nitrogen and oxygen atoms in total. The molecule has 121 valence electrons. The summed E-state index contributed by atoms with van der Waals surface area (Å²) in [4.78, 5) is 0.00348. The highest BCUT2D eigenvalue weighted by molar-refractivity contribution is 7.89. The summed E-state index contributed by atoms with van der Waals surface area (Å²) in [5.74, 6) is -0.536. The van der Waals surface area contributed by atoms with E-state index in [9.17, 15) is 17.9 Å². The van der Waals surface area contributed by atoms with E-state index in [1.54, 1.807) is 12.1 Å². The third-order valence-corrected chi connectivity index (χ3v) is 5.25. The predicted octanol–water partition coefficient (Wildman–Crippen LogP) is 2.81. The molecule has 0 amide bonds. The maximum Gasteiger partial charge on any atom is 0.240 e. The van der Waals surface area contributed by atoms with Crippen molar-refractivity contribution >= 4 is 10.0 Å². The molecule has 1 atom stereocenters. The Morgan fingerprint density at radius 3 is 2.65 bits per heavy atom. The number of benzene rings is 2. The molecule has 0 aromatic heterocycles. The van der Waals surface area contributed by atoms with Crippen LogP contribution in [0.15, 0.2) is 47.4 Å². The van der Waals surface area contributed by atoms with Gasteiger partial charge in [-0.2, -0.15) is 0 Å². The van der Waals surface area contributed by atoms with Crippen LogP contribution in [-0.2, 0) is 15.1 Å². The van der Waals surface area contributed by atoms with Crippen LogP contribution in [0.2, 0.25) is 0 Å². The molecule has 0 aliphatic carbocycles. The number of sulfonamides is 1. The van der Waals surface area contributed by atoms with Crippen molar-refractivity contribution in [2.75, 3.05) is 13.2 Å². The van der Waals surface area contributed by atoms with Gasteiger partial charge in [-0.05, 0) is 36.8 Å². The molecule has 3 rings (SSSR count). The molecular formula is C16H15FNO4S. The minimum absolute atomic E-state index is 0.00348. The molecule has 1 radical (unpaired) electrons. The first kappa shape index (κ1) is 15.8. The smallest absolute Gasteiger partial charge is 0.240 e. The fourth-order valence-corrected chi connectivity index (χ4v) is 3.67.